The Labute approximate surface area is 127 Å². The Morgan fingerprint density at radius 1 is 1.24 bits per heavy atom. The molecule has 7 heteroatoms. The molecule has 0 fully saturated rings. The van der Waals surface area contributed by atoms with E-state index in [0.29, 0.717) is 0 Å². The molecule has 0 spiro atoms. The first-order valence-electron chi connectivity index (χ1n) is 6.02. The van der Waals surface area contributed by atoms with E-state index in [1.165, 1.54) is 0 Å². The van der Waals surface area contributed by atoms with Crippen molar-refractivity contribution < 1.29 is 17.9 Å². The molecule has 0 saturated carbocycles. The van der Waals surface area contributed by atoms with Gasteiger partial charge in [0.25, 0.3) is 10.0 Å². The predicted molar refractivity (Wildman–Crippen MR) is 79.3 cm³/mol. The van der Waals surface area contributed by atoms with Gasteiger partial charge in [0.1, 0.15) is 5.82 Å². The number of hydrogen-bond donors (Lipinski definition) is 2. The van der Waals surface area contributed by atoms with E-state index in [0.717, 1.165) is 23.8 Å². The summed E-state index contributed by atoms with van der Waals surface area (Å²) in [5, 5.41) is 9.26. The molecule has 0 aliphatic heterocycles. The van der Waals surface area contributed by atoms with Gasteiger partial charge in [-0.3, -0.25) is 4.72 Å². The molecular formula is C14H13ClFNO3S. The zero-order valence-corrected chi connectivity index (χ0v) is 12.7. The quantitative estimate of drug-likeness (QED) is 0.906. The zero-order valence-electron chi connectivity index (χ0n) is 11.1. The highest BCUT2D eigenvalue weighted by Gasteiger charge is 2.17. The van der Waals surface area contributed by atoms with Crippen LogP contribution in [0.1, 0.15) is 11.1 Å². The topological polar surface area (TPSA) is 66.4 Å². The Kier molecular flexibility index (Phi) is 4.51. The normalized spacial score (nSPS) is 11.4. The number of rotatable bonds is 4. The molecule has 4 nitrogen and oxygen atoms in total. The molecule has 0 bridgehead atoms. The van der Waals surface area contributed by atoms with Gasteiger partial charge >= 0.3 is 0 Å². The van der Waals surface area contributed by atoms with Gasteiger partial charge in [-0.1, -0.05) is 17.7 Å². The lowest BCUT2D eigenvalue weighted by Crippen LogP contribution is -2.14. The molecule has 0 aliphatic rings. The van der Waals surface area contributed by atoms with Crippen LogP contribution in [-0.2, 0) is 16.6 Å². The molecule has 2 aromatic rings. The summed E-state index contributed by atoms with van der Waals surface area (Å²) in [5.41, 5.74) is 1.04. The minimum absolute atomic E-state index is 0.0899. The highest BCUT2D eigenvalue weighted by molar-refractivity contribution is 7.92. The van der Waals surface area contributed by atoms with Gasteiger partial charge in [-0.05, 0) is 42.8 Å². The molecule has 2 aromatic carbocycles. The second kappa shape index (κ2) is 6.01. The number of aryl methyl sites for hydroxylation is 1. The molecule has 0 amide bonds. The van der Waals surface area contributed by atoms with Crippen molar-refractivity contribution in [2.75, 3.05) is 4.72 Å². The number of aliphatic hydroxyl groups is 1. The standard InChI is InChI=1S/C14H13ClFNO3S/c1-9-2-5-14(12(15)6-9)17-21(19,20)11-3-4-13(16)10(7-11)8-18/h2-7,17-18H,8H2,1H3. The fourth-order valence-electron chi connectivity index (χ4n) is 1.75. The van der Waals surface area contributed by atoms with Gasteiger partial charge in [-0.25, -0.2) is 12.8 Å². The van der Waals surface area contributed by atoms with E-state index in [2.05, 4.69) is 4.72 Å². The fourth-order valence-corrected chi connectivity index (χ4v) is 3.21. The van der Waals surface area contributed by atoms with Crippen molar-refractivity contribution in [3.63, 3.8) is 0 Å². The molecule has 2 rings (SSSR count). The van der Waals surface area contributed by atoms with E-state index in [4.69, 9.17) is 16.7 Å². The molecule has 0 heterocycles. The molecule has 0 atom stereocenters. The first-order valence-corrected chi connectivity index (χ1v) is 7.88. The third-order valence-electron chi connectivity index (χ3n) is 2.87. The van der Waals surface area contributed by atoms with Crippen molar-refractivity contribution >= 4 is 27.3 Å². The third-order valence-corrected chi connectivity index (χ3v) is 4.54. The Hall–Kier alpha value is -1.63. The van der Waals surface area contributed by atoms with Crippen molar-refractivity contribution in [3.05, 3.63) is 58.4 Å². The first kappa shape index (κ1) is 15.8. The lowest BCUT2D eigenvalue weighted by atomic mass is 10.2. The van der Waals surface area contributed by atoms with E-state index in [9.17, 15) is 12.8 Å². The second-order valence-corrected chi connectivity index (χ2v) is 6.59. The van der Waals surface area contributed by atoms with Gasteiger partial charge < -0.3 is 5.11 Å². The average molecular weight is 330 g/mol. The number of nitrogens with one attached hydrogen (secondary N) is 1. The van der Waals surface area contributed by atoms with Gasteiger partial charge in [0.2, 0.25) is 0 Å². The Bertz CT molecular complexity index is 778. The van der Waals surface area contributed by atoms with E-state index < -0.39 is 22.4 Å². The van der Waals surface area contributed by atoms with Crippen LogP contribution in [0, 0.1) is 12.7 Å². The first-order chi connectivity index (χ1) is 9.83. The van der Waals surface area contributed by atoms with Gasteiger partial charge in [0.05, 0.1) is 22.2 Å². The van der Waals surface area contributed by atoms with Crippen molar-refractivity contribution in [1.82, 2.24) is 0 Å². The lowest BCUT2D eigenvalue weighted by Gasteiger charge is -2.11. The smallest absolute Gasteiger partial charge is 0.261 e. The summed E-state index contributed by atoms with van der Waals surface area (Å²) in [7, 11) is -3.91. The molecule has 112 valence electrons. The van der Waals surface area contributed by atoms with Gasteiger partial charge in [-0.2, -0.15) is 0 Å². The maximum Gasteiger partial charge on any atom is 0.261 e. The van der Waals surface area contributed by atoms with Crippen LogP contribution in [0.5, 0.6) is 0 Å². The van der Waals surface area contributed by atoms with Crippen LogP contribution in [0.2, 0.25) is 5.02 Å². The van der Waals surface area contributed by atoms with E-state index in [1.54, 1.807) is 18.2 Å². The highest BCUT2D eigenvalue weighted by Crippen LogP contribution is 2.26. The molecule has 2 N–H and O–H groups in total. The zero-order chi connectivity index (χ0) is 15.6. The van der Waals surface area contributed by atoms with Gasteiger partial charge in [-0.15, -0.1) is 0 Å². The Balaban J connectivity index is 2.38. The molecular weight excluding hydrogens is 317 g/mol. The summed E-state index contributed by atoms with van der Waals surface area (Å²) in [5.74, 6) is -0.662. The van der Waals surface area contributed by atoms with Crippen molar-refractivity contribution in [2.45, 2.75) is 18.4 Å². The summed E-state index contributed by atoms with van der Waals surface area (Å²) in [6.07, 6.45) is 0. The van der Waals surface area contributed by atoms with Crippen LogP contribution < -0.4 is 4.72 Å². The lowest BCUT2D eigenvalue weighted by molar-refractivity contribution is 0.275. The van der Waals surface area contributed by atoms with Crippen LogP contribution in [-0.4, -0.2) is 13.5 Å². The number of anilines is 1. The van der Waals surface area contributed by atoms with Crippen LogP contribution >= 0.6 is 11.6 Å². The molecule has 0 radical (unpaired) electrons. The number of aliphatic hydroxyl groups excluding tert-OH is 1. The number of hydrogen-bond acceptors (Lipinski definition) is 3. The fraction of sp³-hybridized carbons (Fsp3) is 0.143. The molecule has 0 aromatic heterocycles. The van der Waals surface area contributed by atoms with Crippen LogP contribution in [0.3, 0.4) is 0 Å². The Morgan fingerprint density at radius 2 is 1.95 bits per heavy atom. The minimum atomic E-state index is -3.91. The molecule has 0 unspecified atom stereocenters. The molecule has 0 aliphatic carbocycles. The van der Waals surface area contributed by atoms with Crippen LogP contribution in [0.25, 0.3) is 0 Å². The van der Waals surface area contributed by atoms with Crippen LogP contribution in [0.15, 0.2) is 41.3 Å². The number of benzene rings is 2. The molecule has 0 saturated heterocycles. The van der Waals surface area contributed by atoms with Crippen molar-refractivity contribution in [1.29, 1.82) is 0 Å². The summed E-state index contributed by atoms with van der Waals surface area (Å²) in [6, 6.07) is 8.10. The third kappa shape index (κ3) is 3.53. The monoisotopic (exact) mass is 329 g/mol. The maximum atomic E-state index is 13.3. The second-order valence-electron chi connectivity index (χ2n) is 4.50. The van der Waals surface area contributed by atoms with E-state index in [-0.39, 0.29) is 21.2 Å². The van der Waals surface area contributed by atoms with Gasteiger partial charge in [0.15, 0.2) is 0 Å². The van der Waals surface area contributed by atoms with E-state index >= 15 is 0 Å². The van der Waals surface area contributed by atoms with E-state index in [1.807, 2.05) is 6.92 Å². The number of sulfonamides is 1. The minimum Gasteiger partial charge on any atom is -0.392 e. The molecule has 21 heavy (non-hydrogen) atoms. The van der Waals surface area contributed by atoms with Crippen LogP contribution in [0.4, 0.5) is 10.1 Å². The Morgan fingerprint density at radius 3 is 2.57 bits per heavy atom. The summed E-state index contributed by atoms with van der Waals surface area (Å²) >= 11 is 5.98. The SMILES string of the molecule is Cc1ccc(NS(=O)(=O)c2ccc(F)c(CO)c2)c(Cl)c1. The highest BCUT2D eigenvalue weighted by atomic mass is 35.5. The average Bonchev–Trinajstić information content (AvgIpc) is 2.42. The largest absolute Gasteiger partial charge is 0.392 e. The van der Waals surface area contributed by atoms with Gasteiger partial charge in [0, 0.05) is 5.56 Å². The summed E-state index contributed by atoms with van der Waals surface area (Å²) in [4.78, 5) is -0.149. The maximum absolute atomic E-state index is 13.3. The number of halogens is 2. The summed E-state index contributed by atoms with van der Waals surface area (Å²) < 4.78 is 40.1. The predicted octanol–water partition coefficient (Wildman–Crippen LogP) is 3.08. The van der Waals surface area contributed by atoms with Crippen molar-refractivity contribution in [3.8, 4) is 0 Å². The van der Waals surface area contributed by atoms with Crippen molar-refractivity contribution in [2.24, 2.45) is 0 Å². The summed E-state index contributed by atoms with van der Waals surface area (Å²) in [6.45, 7) is 1.25.